The molecular weight excluding hydrogens is 687 g/mol. The number of aryl methyl sites for hydroxylation is 4. The van der Waals surface area contributed by atoms with E-state index in [1.165, 1.54) is 75.5 Å². The van der Waals surface area contributed by atoms with Gasteiger partial charge in [0.15, 0.2) is 17.5 Å². The summed E-state index contributed by atoms with van der Waals surface area (Å²) in [6.07, 6.45) is 0. The van der Waals surface area contributed by atoms with E-state index < -0.39 is 0 Å². The van der Waals surface area contributed by atoms with Gasteiger partial charge in [-0.15, -0.1) is 11.3 Å². The van der Waals surface area contributed by atoms with E-state index >= 15 is 0 Å². The first-order valence-electron chi connectivity index (χ1n) is 18.8. The smallest absolute Gasteiger partial charge is 0.165 e. The van der Waals surface area contributed by atoms with Gasteiger partial charge in [-0.3, -0.25) is 0 Å². The number of hydrogen-bond acceptors (Lipinski definition) is 4. The minimum atomic E-state index is 0.656. The second kappa shape index (κ2) is 13.1. The summed E-state index contributed by atoms with van der Waals surface area (Å²) in [5.41, 5.74) is 12.8. The zero-order valence-corrected chi connectivity index (χ0v) is 32.0. The van der Waals surface area contributed by atoms with Crippen molar-refractivity contribution in [1.82, 2.24) is 15.0 Å². The van der Waals surface area contributed by atoms with Crippen LogP contribution in [0.3, 0.4) is 0 Å². The Morgan fingerprint density at radius 2 is 0.709 bits per heavy atom. The molecule has 0 unspecified atom stereocenters. The number of benzene rings is 8. The van der Waals surface area contributed by atoms with Crippen LogP contribution in [0.2, 0.25) is 0 Å². The monoisotopic (exact) mass is 723 g/mol. The molecule has 0 saturated heterocycles. The average Bonchev–Trinajstić information content (AvgIpc) is 3.58. The van der Waals surface area contributed by atoms with Crippen LogP contribution in [0.25, 0.3) is 98.1 Å². The van der Waals surface area contributed by atoms with Gasteiger partial charge in [0.05, 0.1) is 0 Å². The van der Waals surface area contributed by atoms with Gasteiger partial charge in [-0.2, -0.15) is 0 Å². The Morgan fingerprint density at radius 3 is 1.20 bits per heavy atom. The Kier molecular flexibility index (Phi) is 7.90. The molecule has 10 rings (SSSR count). The summed E-state index contributed by atoms with van der Waals surface area (Å²) in [5, 5.41) is 7.02. The second-order valence-corrected chi connectivity index (χ2v) is 15.8. The summed E-state index contributed by atoms with van der Waals surface area (Å²) in [7, 11) is 0. The fourth-order valence-electron chi connectivity index (χ4n) is 8.41. The van der Waals surface area contributed by atoms with Crippen LogP contribution in [0.15, 0.2) is 152 Å². The molecule has 0 spiro atoms. The number of aromatic nitrogens is 3. The van der Waals surface area contributed by atoms with Crippen LogP contribution in [0.4, 0.5) is 0 Å². The molecule has 10 aromatic rings. The normalized spacial score (nSPS) is 11.6. The fraction of sp³-hybridized carbons (Fsp3) is 0.0784. The Bertz CT molecular complexity index is 2960. The Morgan fingerprint density at radius 1 is 0.327 bits per heavy atom. The van der Waals surface area contributed by atoms with Crippen LogP contribution in [-0.4, -0.2) is 15.0 Å². The van der Waals surface area contributed by atoms with Crippen molar-refractivity contribution in [3.05, 3.63) is 174 Å². The van der Waals surface area contributed by atoms with E-state index in [0.29, 0.717) is 17.5 Å². The highest BCUT2D eigenvalue weighted by Crippen LogP contribution is 2.42. The molecule has 0 aliphatic heterocycles. The molecule has 2 heterocycles. The maximum Gasteiger partial charge on any atom is 0.165 e. The van der Waals surface area contributed by atoms with Gasteiger partial charge in [-0.25, -0.2) is 15.0 Å². The van der Waals surface area contributed by atoms with Crippen molar-refractivity contribution in [2.75, 3.05) is 0 Å². The fourth-order valence-corrected chi connectivity index (χ4v) is 9.62. The second-order valence-electron chi connectivity index (χ2n) is 14.8. The molecule has 0 bridgehead atoms. The van der Waals surface area contributed by atoms with Crippen molar-refractivity contribution in [2.45, 2.75) is 27.7 Å². The molecule has 8 aromatic carbocycles. The third kappa shape index (κ3) is 5.78. The van der Waals surface area contributed by atoms with Crippen LogP contribution < -0.4 is 0 Å². The van der Waals surface area contributed by atoms with Crippen molar-refractivity contribution in [3.63, 3.8) is 0 Å². The molecule has 0 atom stereocenters. The highest BCUT2D eigenvalue weighted by molar-refractivity contribution is 7.26. The molecule has 0 amide bonds. The van der Waals surface area contributed by atoms with Crippen LogP contribution >= 0.6 is 11.3 Å². The quantitative estimate of drug-likeness (QED) is 0.177. The van der Waals surface area contributed by atoms with Gasteiger partial charge in [-0.1, -0.05) is 150 Å². The number of fused-ring (bicyclic) bond motifs is 5. The summed E-state index contributed by atoms with van der Waals surface area (Å²) >= 11 is 1.79. The van der Waals surface area contributed by atoms with Gasteiger partial charge in [0.25, 0.3) is 0 Å². The number of hydrogen-bond donors (Lipinski definition) is 0. The number of thiophene rings is 1. The largest absolute Gasteiger partial charge is 0.208 e. The minimum Gasteiger partial charge on any atom is -0.208 e. The summed E-state index contributed by atoms with van der Waals surface area (Å²) < 4.78 is 2.43. The van der Waals surface area contributed by atoms with E-state index in [9.17, 15) is 0 Å². The van der Waals surface area contributed by atoms with E-state index in [2.05, 4.69) is 179 Å². The lowest BCUT2D eigenvalue weighted by atomic mass is 9.92. The summed E-state index contributed by atoms with van der Waals surface area (Å²) in [4.78, 5) is 16.1. The Hall–Kier alpha value is -6.49. The molecule has 0 N–H and O–H groups in total. The Labute approximate surface area is 324 Å². The first-order valence-corrected chi connectivity index (χ1v) is 19.6. The molecule has 4 heteroatoms. The van der Waals surface area contributed by atoms with Gasteiger partial charge in [-0.05, 0) is 95.8 Å². The average molecular weight is 724 g/mol. The van der Waals surface area contributed by atoms with Crippen molar-refractivity contribution in [2.24, 2.45) is 0 Å². The highest BCUT2D eigenvalue weighted by atomic mass is 32.1. The Balaban J connectivity index is 1.24. The van der Waals surface area contributed by atoms with E-state index in [4.69, 9.17) is 15.0 Å². The molecule has 0 saturated carbocycles. The number of rotatable bonds is 5. The van der Waals surface area contributed by atoms with Crippen LogP contribution in [0, 0.1) is 27.7 Å². The molecular formula is C51H37N3S. The predicted molar refractivity (Wildman–Crippen MR) is 234 cm³/mol. The molecule has 55 heavy (non-hydrogen) atoms. The van der Waals surface area contributed by atoms with Crippen LogP contribution in [0.1, 0.15) is 22.3 Å². The van der Waals surface area contributed by atoms with Gasteiger partial charge < -0.3 is 0 Å². The number of nitrogens with zero attached hydrogens (tertiary/aromatic N) is 3. The van der Waals surface area contributed by atoms with Gasteiger partial charge in [0.2, 0.25) is 0 Å². The minimum absolute atomic E-state index is 0.656. The molecule has 0 aliphatic rings. The third-order valence-electron chi connectivity index (χ3n) is 10.7. The molecule has 0 radical (unpaired) electrons. The molecule has 3 nitrogen and oxygen atoms in total. The van der Waals surface area contributed by atoms with E-state index in [1.54, 1.807) is 11.3 Å². The lowest BCUT2D eigenvalue weighted by Crippen LogP contribution is -2.01. The molecule has 2 aromatic heterocycles. The summed E-state index contributed by atoms with van der Waals surface area (Å²) in [6.45, 7) is 8.65. The van der Waals surface area contributed by atoms with Crippen LogP contribution in [-0.2, 0) is 0 Å². The van der Waals surface area contributed by atoms with Gasteiger partial charge in [0.1, 0.15) is 0 Å². The van der Waals surface area contributed by atoms with Crippen molar-refractivity contribution >= 4 is 53.1 Å². The molecule has 0 fully saturated rings. The molecule has 0 aliphatic carbocycles. The van der Waals surface area contributed by atoms with Crippen molar-refractivity contribution < 1.29 is 0 Å². The maximum absolute atomic E-state index is 5.36. The summed E-state index contributed by atoms with van der Waals surface area (Å²) in [6, 6.07) is 54.8. The predicted octanol–water partition coefficient (Wildman–Crippen LogP) is 14.1. The molecule has 262 valence electrons. The van der Waals surface area contributed by atoms with E-state index in [1.807, 2.05) is 0 Å². The van der Waals surface area contributed by atoms with Crippen molar-refractivity contribution in [3.8, 4) is 56.4 Å². The zero-order valence-electron chi connectivity index (χ0n) is 31.2. The topological polar surface area (TPSA) is 38.7 Å². The van der Waals surface area contributed by atoms with E-state index in [-0.39, 0.29) is 0 Å². The first kappa shape index (κ1) is 33.1. The van der Waals surface area contributed by atoms with E-state index in [0.717, 1.165) is 27.5 Å². The summed E-state index contributed by atoms with van der Waals surface area (Å²) in [5.74, 6) is 1.98. The third-order valence-corrected chi connectivity index (χ3v) is 11.9. The standard InChI is InChI=1S/C51H37N3S/c1-30-24-31(2)27-34(26-30)36-20-22-44(40-14-7-5-12-38(36)40)49-52-50(54-51(53-49)46-18-11-17-43-42-16-9-10-19-47(42)55-48(43)46)45-23-21-37(39-13-6-8-15-41(39)45)35-28-32(3)25-33(4)29-35/h5-29H,1-4H3. The highest BCUT2D eigenvalue weighted by Gasteiger charge is 2.20. The first-order chi connectivity index (χ1) is 26.9. The zero-order chi connectivity index (χ0) is 37.2. The van der Waals surface area contributed by atoms with Gasteiger partial charge in [0, 0.05) is 36.9 Å². The van der Waals surface area contributed by atoms with Crippen molar-refractivity contribution in [1.29, 1.82) is 0 Å². The SMILES string of the molecule is Cc1cc(C)cc(-c2ccc(-c3nc(-c4ccc(-c5cc(C)cc(C)c5)c5ccccc45)nc(-c4cccc5c4sc4ccccc45)n3)c3ccccc23)c1. The van der Waals surface area contributed by atoms with Gasteiger partial charge >= 0.3 is 0 Å². The lowest BCUT2D eigenvalue weighted by molar-refractivity contribution is 1.08. The lowest BCUT2D eigenvalue weighted by Gasteiger charge is -2.15. The maximum atomic E-state index is 5.36. The van der Waals surface area contributed by atoms with Crippen LogP contribution in [0.5, 0.6) is 0 Å².